The van der Waals surface area contributed by atoms with Crippen LogP contribution in [0.5, 0.6) is 0 Å². The Balaban J connectivity index is 1.48. The van der Waals surface area contributed by atoms with E-state index in [4.69, 9.17) is 16.6 Å². The largest absolute Gasteiger partial charge is 0.456 e. The van der Waals surface area contributed by atoms with Crippen molar-refractivity contribution in [3.63, 3.8) is 0 Å². The fraction of sp³-hybridized carbons (Fsp3) is 0.708. The molecule has 150 valence electrons. The number of aliphatic hydroxyl groups is 1. The average Bonchev–Trinajstić information content (AvgIpc) is 3.18. The maximum absolute atomic E-state index is 11.6. The van der Waals surface area contributed by atoms with Gasteiger partial charge >= 0.3 is 0 Å². The number of carbonyl (C=O) groups excluding carboxylic acids is 1. The molecule has 4 heteroatoms. The predicted molar refractivity (Wildman–Crippen MR) is 106 cm³/mol. The van der Waals surface area contributed by atoms with Crippen LogP contribution >= 0.6 is 0 Å². The highest BCUT2D eigenvalue weighted by atomic mass is 16.4. The molecule has 3 saturated carbocycles. The summed E-state index contributed by atoms with van der Waals surface area (Å²) >= 11 is 0. The lowest BCUT2D eigenvalue weighted by Gasteiger charge is -2.60. The summed E-state index contributed by atoms with van der Waals surface area (Å²) < 4.78 is 5.80. The van der Waals surface area contributed by atoms with Crippen molar-refractivity contribution in [2.75, 3.05) is 0 Å². The van der Waals surface area contributed by atoms with Gasteiger partial charge in [0.05, 0.1) is 0 Å². The van der Waals surface area contributed by atoms with Crippen LogP contribution in [-0.2, 0) is 12.8 Å². The third kappa shape index (κ3) is 2.15. The standard InChI is InChI=1S/C24H31NO3/c1-4-24(27)10-8-18-16-6-5-15-12-19-14(11-20(28-19)21(25)26)13-22(15,2)17(16)7-9-23(18,24)3/h1,11,15-18,27H,5-10,12-13H2,2-3H3,(H2,25,26)/t15-,16?,17?,18?,22-,23-,24-/m0/s1. The SMILES string of the molecule is C#C[C@]1(O)CCC2C3CC[C@H]4Cc5oc(C(N)=O)cc5C[C@]4(C)C3CC[C@@]21C. The van der Waals surface area contributed by atoms with Crippen LogP contribution in [0.25, 0.3) is 0 Å². The van der Waals surface area contributed by atoms with Crippen molar-refractivity contribution in [2.24, 2.45) is 40.2 Å². The first kappa shape index (κ1) is 18.3. The normalized spacial score (nSPS) is 46.6. The number of terminal acetylenes is 1. The highest BCUT2D eigenvalue weighted by Gasteiger charge is 2.64. The molecular formula is C24H31NO3. The highest BCUT2D eigenvalue weighted by Crippen LogP contribution is 2.67. The third-order valence-electron chi connectivity index (χ3n) is 9.60. The number of fused-ring (bicyclic) bond motifs is 6. The van der Waals surface area contributed by atoms with E-state index in [1.165, 1.54) is 18.4 Å². The summed E-state index contributed by atoms with van der Waals surface area (Å²) in [4.78, 5) is 11.6. The summed E-state index contributed by atoms with van der Waals surface area (Å²) in [6.07, 6.45) is 14.0. The predicted octanol–water partition coefficient (Wildman–Crippen LogP) is 3.70. The van der Waals surface area contributed by atoms with Crippen LogP contribution in [0, 0.1) is 46.8 Å². The summed E-state index contributed by atoms with van der Waals surface area (Å²) in [5.41, 5.74) is 5.74. The van der Waals surface area contributed by atoms with Crippen LogP contribution in [0.1, 0.15) is 74.3 Å². The zero-order valence-corrected chi connectivity index (χ0v) is 17.0. The van der Waals surface area contributed by atoms with Crippen molar-refractivity contribution in [1.82, 2.24) is 0 Å². The molecule has 3 fully saturated rings. The Hall–Kier alpha value is -1.73. The number of carbonyl (C=O) groups is 1. The maximum Gasteiger partial charge on any atom is 0.284 e. The Labute approximate surface area is 167 Å². The van der Waals surface area contributed by atoms with Gasteiger partial charge < -0.3 is 15.3 Å². The summed E-state index contributed by atoms with van der Waals surface area (Å²) in [6.45, 7) is 4.70. The van der Waals surface area contributed by atoms with Crippen LogP contribution in [0.15, 0.2) is 10.5 Å². The lowest BCUT2D eigenvalue weighted by molar-refractivity contribution is -0.128. The van der Waals surface area contributed by atoms with E-state index in [1.54, 1.807) is 0 Å². The molecule has 4 aliphatic carbocycles. The summed E-state index contributed by atoms with van der Waals surface area (Å²) in [5.74, 6) is 5.93. The van der Waals surface area contributed by atoms with Crippen molar-refractivity contribution < 1.29 is 14.3 Å². The summed E-state index contributed by atoms with van der Waals surface area (Å²) in [7, 11) is 0. The third-order valence-corrected chi connectivity index (χ3v) is 9.60. The van der Waals surface area contributed by atoms with Gasteiger partial charge in [0.25, 0.3) is 5.91 Å². The van der Waals surface area contributed by atoms with E-state index in [9.17, 15) is 9.90 Å². The molecule has 0 saturated heterocycles. The van der Waals surface area contributed by atoms with Gasteiger partial charge in [-0.15, -0.1) is 6.42 Å². The first-order valence-corrected chi connectivity index (χ1v) is 10.8. The van der Waals surface area contributed by atoms with Gasteiger partial charge in [-0.1, -0.05) is 19.8 Å². The topological polar surface area (TPSA) is 76.5 Å². The second-order valence-electron chi connectivity index (χ2n) is 10.5. The van der Waals surface area contributed by atoms with Crippen molar-refractivity contribution in [3.8, 4) is 12.3 Å². The summed E-state index contributed by atoms with van der Waals surface area (Å²) in [5, 5.41) is 11.1. The van der Waals surface area contributed by atoms with Crippen LogP contribution in [0.4, 0.5) is 0 Å². The number of hydrogen-bond acceptors (Lipinski definition) is 3. The second kappa shape index (κ2) is 5.66. The Bertz CT molecular complexity index is 881. The smallest absolute Gasteiger partial charge is 0.284 e. The van der Waals surface area contributed by atoms with E-state index in [-0.39, 0.29) is 10.8 Å². The average molecular weight is 382 g/mol. The van der Waals surface area contributed by atoms with E-state index in [0.717, 1.165) is 44.3 Å². The molecule has 1 heterocycles. The molecule has 1 amide bonds. The molecule has 7 atom stereocenters. The van der Waals surface area contributed by atoms with Crippen molar-refractivity contribution in [1.29, 1.82) is 0 Å². The molecule has 0 aromatic carbocycles. The van der Waals surface area contributed by atoms with Crippen molar-refractivity contribution in [2.45, 2.75) is 70.8 Å². The molecule has 3 N–H and O–H groups in total. The first-order valence-electron chi connectivity index (χ1n) is 10.8. The lowest BCUT2D eigenvalue weighted by Crippen LogP contribution is -2.56. The lowest BCUT2D eigenvalue weighted by atomic mass is 9.44. The molecule has 0 aliphatic heterocycles. The number of rotatable bonds is 1. The number of nitrogens with two attached hydrogens (primary N) is 1. The molecule has 4 nitrogen and oxygen atoms in total. The number of furan rings is 1. The minimum absolute atomic E-state index is 0.152. The fourth-order valence-electron chi connectivity index (χ4n) is 7.94. The quantitative estimate of drug-likeness (QED) is 0.728. The fourth-order valence-corrected chi connectivity index (χ4v) is 7.94. The molecule has 28 heavy (non-hydrogen) atoms. The monoisotopic (exact) mass is 381 g/mol. The van der Waals surface area contributed by atoms with Gasteiger partial charge in [-0.3, -0.25) is 4.79 Å². The summed E-state index contributed by atoms with van der Waals surface area (Å²) in [6, 6.07) is 1.88. The Morgan fingerprint density at radius 3 is 2.71 bits per heavy atom. The van der Waals surface area contributed by atoms with E-state index in [0.29, 0.717) is 29.4 Å². The van der Waals surface area contributed by atoms with E-state index < -0.39 is 11.5 Å². The van der Waals surface area contributed by atoms with Crippen LogP contribution in [-0.4, -0.2) is 16.6 Å². The number of hydrogen-bond donors (Lipinski definition) is 2. The van der Waals surface area contributed by atoms with E-state index in [1.807, 2.05) is 6.07 Å². The molecule has 0 radical (unpaired) electrons. The van der Waals surface area contributed by atoms with Crippen LogP contribution in [0.3, 0.4) is 0 Å². The van der Waals surface area contributed by atoms with Crippen molar-refractivity contribution in [3.05, 3.63) is 23.2 Å². The Kier molecular flexibility index (Phi) is 3.70. The zero-order valence-electron chi connectivity index (χ0n) is 17.0. The molecule has 1 aromatic heterocycles. The molecule has 0 spiro atoms. The first-order chi connectivity index (χ1) is 13.2. The maximum atomic E-state index is 11.6. The number of primary amides is 1. The van der Waals surface area contributed by atoms with Crippen LogP contribution in [0.2, 0.25) is 0 Å². The molecule has 5 rings (SSSR count). The van der Waals surface area contributed by atoms with Crippen LogP contribution < -0.4 is 5.73 Å². The van der Waals surface area contributed by atoms with Gasteiger partial charge in [0.1, 0.15) is 11.4 Å². The van der Waals surface area contributed by atoms with Gasteiger partial charge in [0, 0.05) is 11.8 Å². The highest BCUT2D eigenvalue weighted by molar-refractivity contribution is 5.90. The molecule has 1 aromatic rings. The van der Waals surface area contributed by atoms with Gasteiger partial charge in [-0.2, -0.15) is 0 Å². The molecule has 3 unspecified atom stereocenters. The van der Waals surface area contributed by atoms with E-state index >= 15 is 0 Å². The van der Waals surface area contributed by atoms with Gasteiger partial charge in [0.15, 0.2) is 5.76 Å². The Morgan fingerprint density at radius 2 is 2.00 bits per heavy atom. The van der Waals surface area contributed by atoms with Gasteiger partial charge in [-0.05, 0) is 85.7 Å². The van der Waals surface area contributed by atoms with Gasteiger partial charge in [-0.25, -0.2) is 0 Å². The molecular weight excluding hydrogens is 350 g/mol. The van der Waals surface area contributed by atoms with Gasteiger partial charge in [0.2, 0.25) is 0 Å². The molecule has 0 bridgehead atoms. The Morgan fingerprint density at radius 1 is 1.25 bits per heavy atom. The minimum atomic E-state index is -0.943. The van der Waals surface area contributed by atoms with Crippen molar-refractivity contribution >= 4 is 5.91 Å². The number of amides is 1. The second-order valence-corrected chi connectivity index (χ2v) is 10.5. The van der Waals surface area contributed by atoms with E-state index in [2.05, 4.69) is 19.8 Å². The zero-order chi connectivity index (χ0) is 19.9. The molecule has 4 aliphatic rings. The minimum Gasteiger partial charge on any atom is -0.456 e.